The van der Waals surface area contributed by atoms with Crippen molar-refractivity contribution in [3.05, 3.63) is 42.5 Å². The minimum absolute atomic E-state index is 0.0708. The maximum absolute atomic E-state index is 12.2. The molecule has 9 heteroatoms. The number of carbonyl (C=O) groups excluding carboxylic acids is 1. The van der Waals surface area contributed by atoms with Gasteiger partial charge in [0.1, 0.15) is 11.9 Å². The molecule has 0 spiro atoms. The van der Waals surface area contributed by atoms with Crippen LogP contribution >= 0.6 is 0 Å². The molecule has 1 aromatic heterocycles. The van der Waals surface area contributed by atoms with E-state index in [0.717, 1.165) is 60.5 Å². The van der Waals surface area contributed by atoms with Crippen molar-refractivity contribution in [2.24, 2.45) is 5.92 Å². The highest BCUT2D eigenvalue weighted by molar-refractivity contribution is 7.90. The third-order valence-electron chi connectivity index (χ3n) is 6.88. The predicted molar refractivity (Wildman–Crippen MR) is 137 cm³/mol. The average molecular weight is 498 g/mol. The van der Waals surface area contributed by atoms with Gasteiger partial charge in [-0.15, -0.1) is 0 Å². The fourth-order valence-corrected chi connectivity index (χ4v) is 4.94. The number of aromatic nitrogens is 1. The number of carbonyl (C=O) groups is 1. The Labute approximate surface area is 205 Å². The lowest BCUT2D eigenvalue weighted by molar-refractivity contribution is 0.108. The number of hydrogen-bond acceptors (Lipinski definition) is 6. The molecule has 0 bridgehead atoms. The second-order valence-corrected chi connectivity index (χ2v) is 11.8. The number of nitrogen functional groups attached to an aromatic ring is 1. The molecule has 2 aliphatic rings. The highest BCUT2D eigenvalue weighted by atomic mass is 32.2. The standard InChI is InChI=1S/C26H31N3O5S/c1-16(17-6-7-17)34-26(30)28-19-10-8-18(9-11-19)25-24(27)22-13-12-21(33-15-35(2,31)32)14-23(22)29(25)20-4-3-5-20/h8-14,16-17,20H,3-7,15,27H2,1-2H3,(H,28,30)/t16-/m1/s1. The van der Waals surface area contributed by atoms with Crippen molar-refractivity contribution >= 4 is 38.2 Å². The van der Waals surface area contributed by atoms with E-state index in [1.807, 2.05) is 43.3 Å². The third kappa shape index (κ3) is 5.10. The molecule has 8 nitrogen and oxygen atoms in total. The molecule has 1 heterocycles. The number of benzene rings is 2. The van der Waals surface area contributed by atoms with Crippen LogP contribution in [0.15, 0.2) is 42.5 Å². The van der Waals surface area contributed by atoms with Crippen molar-refractivity contribution in [1.82, 2.24) is 4.57 Å². The summed E-state index contributed by atoms with van der Waals surface area (Å²) in [4.78, 5) is 12.2. The van der Waals surface area contributed by atoms with Gasteiger partial charge in [-0.1, -0.05) is 12.1 Å². The van der Waals surface area contributed by atoms with E-state index < -0.39 is 15.9 Å². The Bertz CT molecular complexity index is 1360. The van der Waals surface area contributed by atoms with E-state index in [1.165, 1.54) is 0 Å². The first-order valence-corrected chi connectivity index (χ1v) is 14.1. The summed E-state index contributed by atoms with van der Waals surface area (Å²) in [6, 6.07) is 13.4. The van der Waals surface area contributed by atoms with Gasteiger partial charge in [0.05, 0.1) is 16.9 Å². The van der Waals surface area contributed by atoms with Crippen LogP contribution in [0.4, 0.5) is 16.2 Å². The van der Waals surface area contributed by atoms with Crippen LogP contribution < -0.4 is 15.8 Å². The molecule has 2 saturated carbocycles. The predicted octanol–water partition coefficient (Wildman–Crippen LogP) is 5.34. The minimum atomic E-state index is -3.26. The van der Waals surface area contributed by atoms with Gasteiger partial charge < -0.3 is 19.8 Å². The fraction of sp³-hybridized carbons (Fsp3) is 0.423. The smallest absolute Gasteiger partial charge is 0.411 e. The molecule has 3 aromatic rings. The van der Waals surface area contributed by atoms with E-state index in [9.17, 15) is 13.2 Å². The van der Waals surface area contributed by atoms with E-state index in [0.29, 0.717) is 29.1 Å². The molecular weight excluding hydrogens is 466 g/mol. The van der Waals surface area contributed by atoms with Crippen LogP contribution in [0.25, 0.3) is 22.2 Å². The molecule has 1 amide bonds. The van der Waals surface area contributed by atoms with Gasteiger partial charge >= 0.3 is 6.09 Å². The SMILES string of the molecule is C[C@@H](OC(=O)Nc1ccc(-c2c(N)c3ccc(OCS(C)(=O)=O)cc3n2C2CCC2)cc1)C1CC1. The highest BCUT2D eigenvalue weighted by Gasteiger charge is 2.31. The molecule has 186 valence electrons. The summed E-state index contributed by atoms with van der Waals surface area (Å²) in [5.74, 6) is 0.601. The van der Waals surface area contributed by atoms with Crippen LogP contribution in [0.5, 0.6) is 5.75 Å². The number of anilines is 2. The van der Waals surface area contributed by atoms with Crippen molar-refractivity contribution in [3.8, 4) is 17.0 Å². The Kier molecular flexibility index (Phi) is 6.13. The van der Waals surface area contributed by atoms with E-state index >= 15 is 0 Å². The topological polar surface area (TPSA) is 113 Å². The summed E-state index contributed by atoms with van der Waals surface area (Å²) in [6.45, 7) is 1.93. The Morgan fingerprint density at radius 1 is 1.14 bits per heavy atom. The van der Waals surface area contributed by atoms with Crippen molar-refractivity contribution < 1.29 is 22.7 Å². The fourth-order valence-electron chi connectivity index (χ4n) is 4.59. The summed E-state index contributed by atoms with van der Waals surface area (Å²) in [5, 5.41) is 3.71. The van der Waals surface area contributed by atoms with E-state index in [1.54, 1.807) is 6.07 Å². The third-order valence-corrected chi connectivity index (χ3v) is 7.42. The Morgan fingerprint density at radius 3 is 2.46 bits per heavy atom. The number of hydrogen-bond donors (Lipinski definition) is 2. The van der Waals surface area contributed by atoms with Crippen LogP contribution in [0, 0.1) is 5.92 Å². The number of rotatable bonds is 8. The number of nitrogens with one attached hydrogen (secondary N) is 1. The monoisotopic (exact) mass is 497 g/mol. The Morgan fingerprint density at radius 2 is 1.86 bits per heavy atom. The summed E-state index contributed by atoms with van der Waals surface area (Å²) >= 11 is 0. The van der Waals surface area contributed by atoms with Crippen LogP contribution in [0.3, 0.4) is 0 Å². The summed E-state index contributed by atoms with van der Waals surface area (Å²) < 4.78 is 36.3. The maximum Gasteiger partial charge on any atom is 0.411 e. The first-order chi connectivity index (χ1) is 16.7. The molecule has 0 aliphatic heterocycles. The first-order valence-electron chi connectivity index (χ1n) is 12.0. The van der Waals surface area contributed by atoms with Gasteiger partial charge in [0.2, 0.25) is 0 Å². The zero-order valence-corrected chi connectivity index (χ0v) is 20.8. The van der Waals surface area contributed by atoms with Gasteiger partial charge in [-0.25, -0.2) is 13.2 Å². The van der Waals surface area contributed by atoms with Crippen LogP contribution in [0.2, 0.25) is 0 Å². The van der Waals surface area contributed by atoms with E-state index in [4.69, 9.17) is 15.2 Å². The van der Waals surface area contributed by atoms with Crippen molar-refractivity contribution in [2.45, 2.75) is 51.2 Å². The van der Waals surface area contributed by atoms with E-state index in [2.05, 4.69) is 9.88 Å². The van der Waals surface area contributed by atoms with Gasteiger partial charge in [-0.2, -0.15) is 0 Å². The number of fused-ring (bicyclic) bond motifs is 1. The second-order valence-electron chi connectivity index (χ2n) is 9.73. The van der Waals surface area contributed by atoms with Crippen molar-refractivity contribution in [2.75, 3.05) is 23.2 Å². The number of sulfone groups is 1. The minimum Gasteiger partial charge on any atom is -0.478 e. The van der Waals surface area contributed by atoms with Crippen molar-refractivity contribution in [3.63, 3.8) is 0 Å². The second kappa shape index (κ2) is 9.11. The molecule has 0 unspecified atom stereocenters. The summed E-state index contributed by atoms with van der Waals surface area (Å²) in [6.07, 6.45) is 6.11. The maximum atomic E-state index is 12.2. The molecule has 0 radical (unpaired) electrons. The Balaban J connectivity index is 1.43. The number of amides is 1. The summed E-state index contributed by atoms with van der Waals surface area (Å²) in [5.41, 5.74) is 10.7. The molecule has 3 N–H and O–H groups in total. The molecule has 1 atom stereocenters. The van der Waals surface area contributed by atoms with Crippen molar-refractivity contribution in [1.29, 1.82) is 0 Å². The van der Waals surface area contributed by atoms with Crippen LogP contribution in [-0.4, -0.2) is 37.4 Å². The Hall–Kier alpha value is -3.20. The molecule has 2 aromatic carbocycles. The molecular formula is C26H31N3O5S. The normalized spacial score (nSPS) is 17.1. The molecule has 2 aliphatic carbocycles. The van der Waals surface area contributed by atoms with Gasteiger partial charge in [0.15, 0.2) is 15.8 Å². The van der Waals surface area contributed by atoms with Crippen LogP contribution in [0.1, 0.15) is 45.1 Å². The van der Waals surface area contributed by atoms with Crippen LogP contribution in [-0.2, 0) is 14.6 Å². The molecule has 5 rings (SSSR count). The van der Waals surface area contributed by atoms with E-state index in [-0.39, 0.29) is 12.0 Å². The number of nitrogens with zero attached hydrogens (tertiary/aromatic N) is 1. The lowest BCUT2D eigenvalue weighted by atomic mass is 9.92. The first kappa shape index (κ1) is 23.5. The largest absolute Gasteiger partial charge is 0.478 e. The number of nitrogens with two attached hydrogens (primary N) is 1. The van der Waals surface area contributed by atoms with Gasteiger partial charge in [0.25, 0.3) is 0 Å². The number of ether oxygens (including phenoxy) is 2. The lowest BCUT2D eigenvalue weighted by Crippen LogP contribution is -2.21. The zero-order chi connectivity index (χ0) is 24.7. The quantitative estimate of drug-likeness (QED) is 0.434. The van der Waals surface area contributed by atoms with Gasteiger partial charge in [-0.3, -0.25) is 5.32 Å². The average Bonchev–Trinajstić information content (AvgIpc) is 3.58. The summed E-state index contributed by atoms with van der Waals surface area (Å²) in [7, 11) is -3.26. The van der Waals surface area contributed by atoms with Gasteiger partial charge in [0, 0.05) is 35.0 Å². The van der Waals surface area contributed by atoms with Gasteiger partial charge in [-0.05, 0) is 69.2 Å². The lowest BCUT2D eigenvalue weighted by Gasteiger charge is -2.30. The molecule has 0 saturated heterocycles. The zero-order valence-electron chi connectivity index (χ0n) is 20.0. The highest BCUT2D eigenvalue weighted by Crippen LogP contribution is 2.45. The molecule has 2 fully saturated rings. The molecule has 35 heavy (non-hydrogen) atoms.